The van der Waals surface area contributed by atoms with Crippen molar-refractivity contribution in [2.24, 2.45) is 0 Å². The molecule has 1 aliphatic rings. The van der Waals surface area contributed by atoms with Crippen molar-refractivity contribution in [3.05, 3.63) is 23.3 Å². The molecule has 0 saturated heterocycles. The highest BCUT2D eigenvalue weighted by atomic mass is 16.3. The fourth-order valence-electron chi connectivity index (χ4n) is 2.77. The normalized spacial score (nSPS) is 19.6. The molecule has 0 amide bonds. The van der Waals surface area contributed by atoms with Crippen LogP contribution in [0.25, 0.3) is 0 Å². The lowest BCUT2D eigenvalue weighted by Gasteiger charge is -2.34. The lowest BCUT2D eigenvalue weighted by atomic mass is 9.70. The van der Waals surface area contributed by atoms with Crippen LogP contribution in [0.15, 0.2) is 12.1 Å². The van der Waals surface area contributed by atoms with Crippen LogP contribution >= 0.6 is 0 Å². The Kier molecular flexibility index (Phi) is 2.83. The zero-order valence-electron chi connectivity index (χ0n) is 10.1. The Morgan fingerprint density at radius 1 is 1.00 bits per heavy atom. The number of phenolic OH excluding ortho intramolecular Hbond substituents is 2. The fraction of sp³-hybridized carbons (Fsp3) is 0.571. The van der Waals surface area contributed by atoms with Gasteiger partial charge in [-0.2, -0.15) is 0 Å². The molecular formula is C14H20O2. The van der Waals surface area contributed by atoms with Gasteiger partial charge in [-0.05, 0) is 42.9 Å². The summed E-state index contributed by atoms with van der Waals surface area (Å²) in [4.78, 5) is 0. The minimum Gasteiger partial charge on any atom is -0.508 e. The number of hydrogen-bond acceptors (Lipinski definition) is 2. The molecule has 0 bridgehead atoms. The average Bonchev–Trinajstić information content (AvgIpc) is 2.24. The average molecular weight is 220 g/mol. The lowest BCUT2D eigenvalue weighted by molar-refractivity contribution is 0.306. The van der Waals surface area contributed by atoms with Crippen molar-refractivity contribution in [1.82, 2.24) is 0 Å². The summed E-state index contributed by atoms with van der Waals surface area (Å²) in [6.07, 6.45) is 5.91. The second kappa shape index (κ2) is 4.00. The van der Waals surface area contributed by atoms with Gasteiger partial charge in [-0.3, -0.25) is 0 Å². The monoisotopic (exact) mass is 220 g/mol. The number of aryl methyl sites for hydroxylation is 1. The smallest absolute Gasteiger partial charge is 0.119 e. The van der Waals surface area contributed by atoms with Crippen LogP contribution in [0.5, 0.6) is 11.5 Å². The van der Waals surface area contributed by atoms with Crippen molar-refractivity contribution >= 4 is 0 Å². The van der Waals surface area contributed by atoms with Crippen LogP contribution in [0.2, 0.25) is 0 Å². The first-order valence-electron chi connectivity index (χ1n) is 6.06. The van der Waals surface area contributed by atoms with Crippen LogP contribution in [0.1, 0.15) is 50.2 Å². The van der Waals surface area contributed by atoms with E-state index in [1.165, 1.54) is 19.3 Å². The predicted octanol–water partition coefficient (Wildman–Crippen LogP) is 3.63. The molecule has 1 aromatic rings. The lowest BCUT2D eigenvalue weighted by Crippen LogP contribution is -2.25. The third kappa shape index (κ3) is 1.89. The Balaban J connectivity index is 2.42. The van der Waals surface area contributed by atoms with Gasteiger partial charge in [0.15, 0.2) is 0 Å². The summed E-state index contributed by atoms with van der Waals surface area (Å²) in [6.45, 7) is 4.00. The number of aromatic hydroxyl groups is 2. The second-order valence-corrected chi connectivity index (χ2v) is 5.28. The van der Waals surface area contributed by atoms with Crippen molar-refractivity contribution in [2.75, 3.05) is 0 Å². The SMILES string of the molecule is Cc1cc(O)c(C2(C)CCCCC2)cc1O. The topological polar surface area (TPSA) is 40.5 Å². The van der Waals surface area contributed by atoms with E-state index in [1.807, 2.05) is 6.92 Å². The third-order valence-corrected chi connectivity index (χ3v) is 3.92. The minimum absolute atomic E-state index is 0.0352. The summed E-state index contributed by atoms with van der Waals surface area (Å²) in [6, 6.07) is 3.42. The summed E-state index contributed by atoms with van der Waals surface area (Å²) in [7, 11) is 0. The van der Waals surface area contributed by atoms with Gasteiger partial charge in [0.05, 0.1) is 0 Å². The molecular weight excluding hydrogens is 200 g/mol. The molecule has 1 aliphatic carbocycles. The molecule has 0 heterocycles. The van der Waals surface area contributed by atoms with Gasteiger partial charge in [0.2, 0.25) is 0 Å². The Morgan fingerprint density at radius 2 is 1.62 bits per heavy atom. The highest BCUT2D eigenvalue weighted by Crippen LogP contribution is 2.44. The quantitative estimate of drug-likeness (QED) is 0.709. The first-order chi connectivity index (χ1) is 7.53. The molecule has 0 unspecified atom stereocenters. The molecule has 1 fully saturated rings. The molecule has 2 nitrogen and oxygen atoms in total. The van der Waals surface area contributed by atoms with Gasteiger partial charge in [-0.15, -0.1) is 0 Å². The molecule has 16 heavy (non-hydrogen) atoms. The van der Waals surface area contributed by atoms with E-state index in [9.17, 15) is 10.2 Å². The van der Waals surface area contributed by atoms with Gasteiger partial charge in [-0.25, -0.2) is 0 Å². The first-order valence-corrected chi connectivity index (χ1v) is 6.06. The van der Waals surface area contributed by atoms with Crippen LogP contribution in [0, 0.1) is 6.92 Å². The molecule has 88 valence electrons. The molecule has 2 heteroatoms. The van der Waals surface area contributed by atoms with Crippen molar-refractivity contribution in [2.45, 2.75) is 51.4 Å². The highest BCUT2D eigenvalue weighted by Gasteiger charge is 2.31. The predicted molar refractivity (Wildman–Crippen MR) is 64.9 cm³/mol. The van der Waals surface area contributed by atoms with Crippen molar-refractivity contribution in [3.63, 3.8) is 0 Å². The summed E-state index contributed by atoms with van der Waals surface area (Å²) < 4.78 is 0. The summed E-state index contributed by atoms with van der Waals surface area (Å²) in [5.74, 6) is 0.624. The van der Waals surface area contributed by atoms with E-state index in [-0.39, 0.29) is 5.41 Å². The van der Waals surface area contributed by atoms with E-state index in [1.54, 1.807) is 12.1 Å². The van der Waals surface area contributed by atoms with E-state index in [0.29, 0.717) is 11.5 Å². The maximum absolute atomic E-state index is 10.0. The van der Waals surface area contributed by atoms with Crippen LogP contribution < -0.4 is 0 Å². The molecule has 2 N–H and O–H groups in total. The number of phenols is 2. The van der Waals surface area contributed by atoms with Crippen molar-refractivity contribution < 1.29 is 10.2 Å². The van der Waals surface area contributed by atoms with Gasteiger partial charge in [-0.1, -0.05) is 26.2 Å². The van der Waals surface area contributed by atoms with Crippen molar-refractivity contribution in [3.8, 4) is 11.5 Å². The molecule has 1 saturated carbocycles. The van der Waals surface area contributed by atoms with E-state index in [0.717, 1.165) is 24.0 Å². The van der Waals surface area contributed by atoms with Crippen LogP contribution in [-0.4, -0.2) is 10.2 Å². The van der Waals surface area contributed by atoms with Gasteiger partial charge in [0.1, 0.15) is 11.5 Å². The van der Waals surface area contributed by atoms with Gasteiger partial charge >= 0.3 is 0 Å². The van der Waals surface area contributed by atoms with Crippen LogP contribution in [-0.2, 0) is 5.41 Å². The summed E-state index contributed by atoms with van der Waals surface area (Å²) in [5, 5.41) is 19.8. The molecule has 1 aromatic carbocycles. The second-order valence-electron chi connectivity index (χ2n) is 5.28. The zero-order valence-corrected chi connectivity index (χ0v) is 10.1. The van der Waals surface area contributed by atoms with E-state index >= 15 is 0 Å². The van der Waals surface area contributed by atoms with Gasteiger partial charge in [0.25, 0.3) is 0 Å². The maximum atomic E-state index is 10.0. The Bertz CT molecular complexity index is 390. The molecule has 0 spiro atoms. The molecule has 0 atom stereocenters. The number of rotatable bonds is 1. The minimum atomic E-state index is 0.0352. The standard InChI is InChI=1S/C14H20O2/c1-10-8-13(16)11(9-12(10)15)14(2)6-4-3-5-7-14/h8-9,15-16H,3-7H2,1-2H3. The van der Waals surface area contributed by atoms with E-state index < -0.39 is 0 Å². The first kappa shape index (κ1) is 11.3. The molecule has 2 rings (SSSR count). The third-order valence-electron chi connectivity index (χ3n) is 3.92. The van der Waals surface area contributed by atoms with Crippen LogP contribution in [0.4, 0.5) is 0 Å². The Hall–Kier alpha value is -1.18. The van der Waals surface area contributed by atoms with Crippen molar-refractivity contribution in [1.29, 1.82) is 0 Å². The zero-order chi connectivity index (χ0) is 11.8. The number of benzene rings is 1. The maximum Gasteiger partial charge on any atom is 0.119 e. The van der Waals surface area contributed by atoms with Crippen LogP contribution in [0.3, 0.4) is 0 Å². The summed E-state index contributed by atoms with van der Waals surface area (Å²) >= 11 is 0. The van der Waals surface area contributed by atoms with E-state index in [4.69, 9.17) is 0 Å². The Labute approximate surface area is 96.9 Å². The largest absolute Gasteiger partial charge is 0.508 e. The fourth-order valence-corrected chi connectivity index (χ4v) is 2.77. The molecule has 0 aromatic heterocycles. The van der Waals surface area contributed by atoms with Gasteiger partial charge in [0, 0.05) is 5.56 Å². The molecule has 0 aliphatic heterocycles. The summed E-state index contributed by atoms with van der Waals surface area (Å²) in [5.41, 5.74) is 1.68. The molecule has 0 radical (unpaired) electrons. The Morgan fingerprint density at radius 3 is 2.25 bits per heavy atom. The van der Waals surface area contributed by atoms with Gasteiger partial charge < -0.3 is 10.2 Å². The van der Waals surface area contributed by atoms with E-state index in [2.05, 4.69) is 6.92 Å². The highest BCUT2D eigenvalue weighted by molar-refractivity contribution is 5.47. The number of hydrogen-bond donors (Lipinski definition) is 2.